The molecule has 1 aromatic heterocycles. The maximum Gasteiger partial charge on any atom is 0.350 e. The second kappa shape index (κ2) is 8.77. The molecule has 0 spiro atoms. The van der Waals surface area contributed by atoms with Crippen LogP contribution in [0.2, 0.25) is 5.02 Å². The molecule has 1 heterocycles. The van der Waals surface area contributed by atoms with E-state index in [1.807, 2.05) is 0 Å². The number of carbonyl (C=O) groups is 3. The normalized spacial score (nSPS) is 10.5. The van der Waals surface area contributed by atoms with E-state index in [9.17, 15) is 18.8 Å². The van der Waals surface area contributed by atoms with Gasteiger partial charge in [0, 0.05) is 23.1 Å². The SMILES string of the molecule is COC(=O)CCCNC(=O)COC(=O)c1sc2cc(F)ccc2c1Cl. The van der Waals surface area contributed by atoms with Gasteiger partial charge >= 0.3 is 11.9 Å². The lowest BCUT2D eigenvalue weighted by Crippen LogP contribution is -2.29. The van der Waals surface area contributed by atoms with Gasteiger partial charge in [0.15, 0.2) is 6.61 Å². The van der Waals surface area contributed by atoms with Gasteiger partial charge in [-0.2, -0.15) is 0 Å². The van der Waals surface area contributed by atoms with E-state index in [0.717, 1.165) is 11.3 Å². The minimum absolute atomic E-state index is 0.112. The zero-order valence-corrected chi connectivity index (χ0v) is 14.8. The highest BCUT2D eigenvalue weighted by atomic mass is 35.5. The molecule has 2 rings (SSSR count). The number of fused-ring (bicyclic) bond motifs is 1. The second-order valence-corrected chi connectivity index (χ2v) is 6.42. The third kappa shape index (κ3) is 5.14. The summed E-state index contributed by atoms with van der Waals surface area (Å²) in [6.45, 7) is -0.218. The van der Waals surface area contributed by atoms with E-state index in [-0.39, 0.29) is 28.8 Å². The molecule has 0 aliphatic rings. The molecule has 1 N–H and O–H groups in total. The van der Waals surface area contributed by atoms with E-state index in [2.05, 4.69) is 10.1 Å². The van der Waals surface area contributed by atoms with Gasteiger partial charge in [-0.05, 0) is 24.6 Å². The van der Waals surface area contributed by atoms with Gasteiger partial charge in [0.05, 0.1) is 12.1 Å². The molecule has 1 amide bonds. The first-order valence-electron chi connectivity index (χ1n) is 7.30. The smallest absolute Gasteiger partial charge is 0.350 e. The van der Waals surface area contributed by atoms with Crippen molar-refractivity contribution in [3.8, 4) is 0 Å². The number of amides is 1. The van der Waals surface area contributed by atoms with Gasteiger partial charge in [-0.3, -0.25) is 9.59 Å². The molecule has 0 saturated carbocycles. The molecule has 6 nitrogen and oxygen atoms in total. The number of hydrogen-bond donors (Lipinski definition) is 1. The van der Waals surface area contributed by atoms with Crippen LogP contribution in [0.25, 0.3) is 10.1 Å². The average Bonchev–Trinajstić information content (AvgIpc) is 2.92. The summed E-state index contributed by atoms with van der Waals surface area (Å²) in [6, 6.07) is 4.00. The first kappa shape index (κ1) is 19.1. The number of methoxy groups -OCH3 is 1. The number of ether oxygens (including phenoxy) is 2. The van der Waals surface area contributed by atoms with Crippen LogP contribution >= 0.6 is 22.9 Å². The first-order chi connectivity index (χ1) is 11.9. The largest absolute Gasteiger partial charge is 0.469 e. The van der Waals surface area contributed by atoms with E-state index in [1.54, 1.807) is 0 Å². The topological polar surface area (TPSA) is 81.7 Å². The predicted molar refractivity (Wildman–Crippen MR) is 91.3 cm³/mol. The highest BCUT2D eigenvalue weighted by molar-refractivity contribution is 7.21. The van der Waals surface area contributed by atoms with Crippen LogP contribution in [0.4, 0.5) is 4.39 Å². The number of carbonyl (C=O) groups excluding carboxylic acids is 3. The molecule has 0 unspecified atom stereocenters. The number of esters is 2. The maximum atomic E-state index is 13.2. The summed E-state index contributed by atoms with van der Waals surface area (Å²) in [4.78, 5) is 34.7. The fourth-order valence-corrected chi connectivity index (χ4v) is 3.41. The summed E-state index contributed by atoms with van der Waals surface area (Å²) in [5, 5.41) is 3.23. The van der Waals surface area contributed by atoms with Crippen molar-refractivity contribution in [3.63, 3.8) is 0 Å². The number of rotatable bonds is 7. The zero-order valence-electron chi connectivity index (χ0n) is 13.3. The Morgan fingerprint density at radius 2 is 2.08 bits per heavy atom. The predicted octanol–water partition coefficient (Wildman–Crippen LogP) is 2.92. The van der Waals surface area contributed by atoms with Gasteiger partial charge < -0.3 is 14.8 Å². The zero-order chi connectivity index (χ0) is 18.4. The van der Waals surface area contributed by atoms with Crippen molar-refractivity contribution in [2.45, 2.75) is 12.8 Å². The standard InChI is InChI=1S/C16H15ClFNO5S/c1-23-13(21)3-2-6-19-12(20)8-24-16(22)15-14(17)10-5-4-9(18)7-11(10)25-15/h4-5,7H,2-3,6,8H2,1H3,(H,19,20). The molecule has 134 valence electrons. The Labute approximate surface area is 151 Å². The Kier molecular flexibility index (Phi) is 6.72. The molecule has 0 aliphatic carbocycles. The van der Waals surface area contributed by atoms with Gasteiger partial charge in [0.25, 0.3) is 5.91 Å². The van der Waals surface area contributed by atoms with Gasteiger partial charge in [-0.1, -0.05) is 11.6 Å². The first-order valence-corrected chi connectivity index (χ1v) is 8.50. The Balaban J connectivity index is 1.85. The van der Waals surface area contributed by atoms with Gasteiger partial charge in [0.1, 0.15) is 10.7 Å². The summed E-state index contributed by atoms with van der Waals surface area (Å²) in [7, 11) is 1.29. The third-order valence-corrected chi connectivity index (χ3v) is 4.86. The van der Waals surface area contributed by atoms with Crippen LogP contribution < -0.4 is 5.32 Å². The summed E-state index contributed by atoms with van der Waals surface area (Å²) < 4.78 is 23.1. The number of hydrogen-bond acceptors (Lipinski definition) is 6. The molecule has 0 fully saturated rings. The molecule has 25 heavy (non-hydrogen) atoms. The molecule has 0 radical (unpaired) electrons. The summed E-state index contributed by atoms with van der Waals surface area (Å²) in [6.07, 6.45) is 0.602. The Morgan fingerprint density at radius 1 is 1.32 bits per heavy atom. The molecule has 0 aliphatic heterocycles. The van der Waals surface area contributed by atoms with E-state index in [0.29, 0.717) is 16.5 Å². The van der Waals surface area contributed by atoms with E-state index in [1.165, 1.54) is 25.3 Å². The maximum absolute atomic E-state index is 13.2. The Hall–Kier alpha value is -2.19. The Morgan fingerprint density at radius 3 is 2.80 bits per heavy atom. The van der Waals surface area contributed by atoms with Gasteiger partial charge in [0.2, 0.25) is 0 Å². The molecule has 9 heteroatoms. The lowest BCUT2D eigenvalue weighted by molar-refractivity contribution is -0.140. The summed E-state index contributed by atoms with van der Waals surface area (Å²) >= 11 is 7.10. The number of halogens is 2. The summed E-state index contributed by atoms with van der Waals surface area (Å²) in [5.74, 6) is -2.05. The van der Waals surface area contributed by atoms with Crippen molar-refractivity contribution < 1.29 is 28.2 Å². The molecular formula is C16H15ClFNO5S. The van der Waals surface area contributed by atoms with Crippen LogP contribution in [0.5, 0.6) is 0 Å². The van der Waals surface area contributed by atoms with Crippen LogP contribution in [0.15, 0.2) is 18.2 Å². The lowest BCUT2D eigenvalue weighted by atomic mass is 10.2. The molecule has 0 atom stereocenters. The van der Waals surface area contributed by atoms with Crippen molar-refractivity contribution in [1.82, 2.24) is 5.32 Å². The fourth-order valence-electron chi connectivity index (χ4n) is 1.98. The highest BCUT2D eigenvalue weighted by Gasteiger charge is 2.19. The average molecular weight is 388 g/mol. The van der Waals surface area contributed by atoms with Crippen molar-refractivity contribution in [1.29, 1.82) is 0 Å². The van der Waals surface area contributed by atoms with Crippen molar-refractivity contribution in [2.24, 2.45) is 0 Å². The quantitative estimate of drug-likeness (QED) is 0.583. The highest BCUT2D eigenvalue weighted by Crippen LogP contribution is 2.36. The van der Waals surface area contributed by atoms with Crippen LogP contribution in [0, 0.1) is 5.82 Å². The number of benzene rings is 1. The van der Waals surface area contributed by atoms with Crippen LogP contribution in [-0.4, -0.2) is 38.1 Å². The molecule has 0 bridgehead atoms. The minimum Gasteiger partial charge on any atom is -0.469 e. The minimum atomic E-state index is -0.753. The van der Waals surface area contributed by atoms with E-state index in [4.69, 9.17) is 16.3 Å². The van der Waals surface area contributed by atoms with Crippen molar-refractivity contribution in [2.75, 3.05) is 20.3 Å². The van der Waals surface area contributed by atoms with E-state index < -0.39 is 24.3 Å². The number of nitrogens with one attached hydrogen (secondary N) is 1. The second-order valence-electron chi connectivity index (χ2n) is 4.99. The van der Waals surface area contributed by atoms with Crippen LogP contribution in [0.1, 0.15) is 22.5 Å². The number of thiophene rings is 1. The van der Waals surface area contributed by atoms with E-state index >= 15 is 0 Å². The lowest BCUT2D eigenvalue weighted by Gasteiger charge is -2.05. The van der Waals surface area contributed by atoms with Gasteiger partial charge in [-0.25, -0.2) is 9.18 Å². The molecule has 2 aromatic rings. The summed E-state index contributed by atoms with van der Waals surface area (Å²) in [5.41, 5.74) is 0. The van der Waals surface area contributed by atoms with Crippen molar-refractivity contribution in [3.05, 3.63) is 33.9 Å². The molecule has 1 aromatic carbocycles. The molecular weight excluding hydrogens is 373 g/mol. The molecule has 0 saturated heterocycles. The van der Waals surface area contributed by atoms with Gasteiger partial charge in [-0.15, -0.1) is 11.3 Å². The van der Waals surface area contributed by atoms with Crippen molar-refractivity contribution >= 4 is 50.9 Å². The van der Waals surface area contributed by atoms with Crippen LogP contribution in [-0.2, 0) is 19.1 Å². The Bertz CT molecular complexity index is 807. The van der Waals surface area contributed by atoms with Crippen LogP contribution in [0.3, 0.4) is 0 Å². The third-order valence-electron chi connectivity index (χ3n) is 3.22. The fraction of sp³-hybridized carbons (Fsp3) is 0.312. The monoisotopic (exact) mass is 387 g/mol.